The van der Waals surface area contributed by atoms with Crippen molar-refractivity contribution in [2.24, 2.45) is 17.1 Å². The predicted octanol–water partition coefficient (Wildman–Crippen LogP) is 2.09. The molecular weight excluding hydrogens is 224 g/mol. The van der Waals surface area contributed by atoms with Gasteiger partial charge in [0, 0.05) is 19.5 Å². The van der Waals surface area contributed by atoms with E-state index in [0.717, 1.165) is 6.54 Å². The number of hydrogen-bond acceptors (Lipinski definition) is 2. The van der Waals surface area contributed by atoms with Gasteiger partial charge >= 0.3 is 0 Å². The van der Waals surface area contributed by atoms with Crippen LogP contribution in [-0.4, -0.2) is 19.0 Å². The third kappa shape index (κ3) is 5.71. The smallest absolute Gasteiger partial charge is 0.221 e. The SMILES string of the molecule is CC1(C)CCC(CNC(=O)CCN)CC1.Cl. The molecule has 0 aromatic carbocycles. The number of carbonyl (C=O) groups excluding carboxylic acids is 1. The Labute approximate surface area is 105 Å². The van der Waals surface area contributed by atoms with Crippen molar-refractivity contribution >= 4 is 18.3 Å². The van der Waals surface area contributed by atoms with Gasteiger partial charge in [0.15, 0.2) is 0 Å². The minimum atomic E-state index is 0. The second-order valence-corrected chi connectivity index (χ2v) is 5.45. The molecule has 1 rings (SSSR count). The molecule has 16 heavy (non-hydrogen) atoms. The maximum atomic E-state index is 11.2. The molecule has 0 unspecified atom stereocenters. The fraction of sp³-hybridized carbons (Fsp3) is 0.917. The number of halogens is 1. The van der Waals surface area contributed by atoms with E-state index in [2.05, 4.69) is 19.2 Å². The van der Waals surface area contributed by atoms with Crippen LogP contribution in [-0.2, 0) is 4.79 Å². The van der Waals surface area contributed by atoms with Gasteiger partial charge in [0.05, 0.1) is 0 Å². The minimum Gasteiger partial charge on any atom is -0.356 e. The van der Waals surface area contributed by atoms with Gasteiger partial charge in [0.1, 0.15) is 0 Å². The van der Waals surface area contributed by atoms with E-state index in [1.807, 2.05) is 0 Å². The van der Waals surface area contributed by atoms with Crippen molar-refractivity contribution in [3.63, 3.8) is 0 Å². The Morgan fingerprint density at radius 3 is 2.44 bits per heavy atom. The normalized spacial score (nSPS) is 19.9. The first-order valence-corrected chi connectivity index (χ1v) is 6.00. The van der Waals surface area contributed by atoms with E-state index in [0.29, 0.717) is 24.3 Å². The van der Waals surface area contributed by atoms with Crippen LogP contribution in [0.15, 0.2) is 0 Å². The number of nitrogens with two attached hydrogens (primary N) is 1. The van der Waals surface area contributed by atoms with Crippen LogP contribution in [0.1, 0.15) is 46.0 Å². The van der Waals surface area contributed by atoms with Crippen molar-refractivity contribution in [3.05, 3.63) is 0 Å². The summed E-state index contributed by atoms with van der Waals surface area (Å²) >= 11 is 0. The highest BCUT2D eigenvalue weighted by atomic mass is 35.5. The van der Waals surface area contributed by atoms with Crippen molar-refractivity contribution in [1.29, 1.82) is 0 Å². The van der Waals surface area contributed by atoms with E-state index in [1.165, 1.54) is 25.7 Å². The van der Waals surface area contributed by atoms with E-state index < -0.39 is 0 Å². The molecule has 0 heterocycles. The molecule has 0 radical (unpaired) electrons. The fourth-order valence-corrected chi connectivity index (χ4v) is 2.14. The van der Waals surface area contributed by atoms with Crippen molar-refractivity contribution in [3.8, 4) is 0 Å². The zero-order chi connectivity index (χ0) is 11.3. The lowest BCUT2D eigenvalue weighted by atomic mass is 9.73. The van der Waals surface area contributed by atoms with Crippen LogP contribution in [0.3, 0.4) is 0 Å². The highest BCUT2D eigenvalue weighted by Gasteiger charge is 2.26. The monoisotopic (exact) mass is 248 g/mol. The average molecular weight is 249 g/mol. The van der Waals surface area contributed by atoms with Crippen LogP contribution in [0.5, 0.6) is 0 Å². The molecule has 0 atom stereocenters. The van der Waals surface area contributed by atoms with E-state index in [4.69, 9.17) is 5.73 Å². The molecule has 1 aliphatic rings. The highest BCUT2D eigenvalue weighted by molar-refractivity contribution is 5.85. The first-order valence-electron chi connectivity index (χ1n) is 6.00. The topological polar surface area (TPSA) is 55.1 Å². The summed E-state index contributed by atoms with van der Waals surface area (Å²) in [6, 6.07) is 0. The van der Waals surface area contributed by atoms with Gasteiger partial charge in [-0.25, -0.2) is 0 Å². The van der Waals surface area contributed by atoms with Gasteiger partial charge < -0.3 is 11.1 Å². The Bertz CT molecular complexity index is 209. The standard InChI is InChI=1S/C12H24N2O.ClH/c1-12(2)6-3-10(4-7-12)9-14-11(15)5-8-13;/h10H,3-9,13H2,1-2H3,(H,14,15);1H. The Kier molecular flexibility index (Phi) is 7.00. The van der Waals surface area contributed by atoms with Crippen LogP contribution < -0.4 is 11.1 Å². The molecule has 96 valence electrons. The maximum absolute atomic E-state index is 11.2. The maximum Gasteiger partial charge on any atom is 0.221 e. The second kappa shape index (κ2) is 7.13. The van der Waals surface area contributed by atoms with E-state index in [1.54, 1.807) is 0 Å². The molecule has 1 fully saturated rings. The summed E-state index contributed by atoms with van der Waals surface area (Å²) in [7, 11) is 0. The van der Waals surface area contributed by atoms with Gasteiger partial charge in [0.25, 0.3) is 0 Å². The van der Waals surface area contributed by atoms with E-state index in [9.17, 15) is 4.79 Å². The van der Waals surface area contributed by atoms with Gasteiger partial charge in [-0.1, -0.05) is 13.8 Å². The zero-order valence-electron chi connectivity index (χ0n) is 10.4. The number of hydrogen-bond donors (Lipinski definition) is 2. The predicted molar refractivity (Wildman–Crippen MR) is 69.7 cm³/mol. The van der Waals surface area contributed by atoms with Crippen LogP contribution in [0, 0.1) is 11.3 Å². The molecular formula is C12H25ClN2O. The first-order chi connectivity index (χ1) is 7.03. The van der Waals surface area contributed by atoms with Gasteiger partial charge in [0.2, 0.25) is 5.91 Å². The summed E-state index contributed by atoms with van der Waals surface area (Å²) in [6.45, 7) is 5.95. The molecule has 0 saturated heterocycles. The van der Waals surface area contributed by atoms with Crippen molar-refractivity contribution in [2.75, 3.05) is 13.1 Å². The van der Waals surface area contributed by atoms with E-state index in [-0.39, 0.29) is 18.3 Å². The number of carbonyl (C=O) groups is 1. The third-order valence-electron chi connectivity index (χ3n) is 3.42. The molecule has 1 saturated carbocycles. The van der Waals surface area contributed by atoms with Crippen LogP contribution >= 0.6 is 12.4 Å². The lowest BCUT2D eigenvalue weighted by Crippen LogP contribution is -2.33. The lowest BCUT2D eigenvalue weighted by Gasteiger charge is -2.34. The molecule has 0 spiro atoms. The van der Waals surface area contributed by atoms with Crippen molar-refractivity contribution in [1.82, 2.24) is 5.32 Å². The quantitative estimate of drug-likeness (QED) is 0.801. The second-order valence-electron chi connectivity index (χ2n) is 5.45. The summed E-state index contributed by atoms with van der Waals surface area (Å²) in [5.74, 6) is 0.780. The average Bonchev–Trinajstić information content (AvgIpc) is 2.17. The largest absolute Gasteiger partial charge is 0.356 e. The van der Waals surface area contributed by atoms with Gasteiger partial charge in [-0.15, -0.1) is 12.4 Å². The van der Waals surface area contributed by atoms with Crippen LogP contribution in [0.25, 0.3) is 0 Å². The van der Waals surface area contributed by atoms with Crippen LogP contribution in [0.4, 0.5) is 0 Å². The highest BCUT2D eigenvalue weighted by Crippen LogP contribution is 2.37. The summed E-state index contributed by atoms with van der Waals surface area (Å²) in [4.78, 5) is 11.2. The van der Waals surface area contributed by atoms with Gasteiger partial charge in [-0.05, 0) is 37.0 Å². The molecule has 3 N–H and O–H groups in total. The molecule has 3 nitrogen and oxygen atoms in total. The van der Waals surface area contributed by atoms with Crippen molar-refractivity contribution < 1.29 is 4.79 Å². The molecule has 4 heteroatoms. The Hall–Kier alpha value is -0.280. The molecule has 0 aliphatic heterocycles. The Balaban J connectivity index is 0.00000225. The molecule has 0 aromatic rings. The summed E-state index contributed by atoms with van der Waals surface area (Å²) in [5.41, 5.74) is 5.82. The van der Waals surface area contributed by atoms with Crippen LogP contribution in [0.2, 0.25) is 0 Å². The third-order valence-corrected chi connectivity index (χ3v) is 3.42. The van der Waals surface area contributed by atoms with E-state index >= 15 is 0 Å². The number of nitrogens with one attached hydrogen (secondary N) is 1. The first kappa shape index (κ1) is 15.7. The Morgan fingerprint density at radius 1 is 1.38 bits per heavy atom. The van der Waals surface area contributed by atoms with Gasteiger partial charge in [-0.3, -0.25) is 4.79 Å². The molecule has 1 aliphatic carbocycles. The molecule has 0 bridgehead atoms. The van der Waals surface area contributed by atoms with Crippen molar-refractivity contribution in [2.45, 2.75) is 46.0 Å². The molecule has 1 amide bonds. The summed E-state index contributed by atoms with van der Waals surface area (Å²) < 4.78 is 0. The fourth-order valence-electron chi connectivity index (χ4n) is 2.14. The lowest BCUT2D eigenvalue weighted by molar-refractivity contribution is -0.121. The number of amides is 1. The number of rotatable bonds is 4. The minimum absolute atomic E-state index is 0. The zero-order valence-corrected chi connectivity index (χ0v) is 11.2. The Morgan fingerprint density at radius 2 is 1.94 bits per heavy atom. The molecule has 0 aromatic heterocycles. The van der Waals surface area contributed by atoms with Gasteiger partial charge in [-0.2, -0.15) is 0 Å². The summed E-state index contributed by atoms with van der Waals surface area (Å²) in [6.07, 6.45) is 5.51. The summed E-state index contributed by atoms with van der Waals surface area (Å²) in [5, 5.41) is 2.96.